The highest BCUT2D eigenvalue weighted by atomic mass is 32.1. The van der Waals surface area contributed by atoms with Gasteiger partial charge in [-0.25, -0.2) is 4.98 Å². The molecule has 0 unspecified atom stereocenters. The third-order valence-corrected chi connectivity index (χ3v) is 4.85. The van der Waals surface area contributed by atoms with Crippen LogP contribution in [0, 0.1) is 0 Å². The first-order valence-corrected chi connectivity index (χ1v) is 7.96. The molecule has 1 aliphatic rings. The fourth-order valence-corrected chi connectivity index (χ4v) is 3.71. The van der Waals surface area contributed by atoms with Gasteiger partial charge in [-0.15, -0.1) is 11.3 Å². The van der Waals surface area contributed by atoms with E-state index in [1.54, 1.807) is 11.3 Å². The molecule has 1 atom stereocenters. The minimum Gasteiger partial charge on any atom is -0.309 e. The summed E-state index contributed by atoms with van der Waals surface area (Å²) in [7, 11) is 0. The summed E-state index contributed by atoms with van der Waals surface area (Å²) in [4.78, 5) is 4.83. The van der Waals surface area contributed by atoms with Gasteiger partial charge in [0.05, 0.1) is 11.7 Å². The Morgan fingerprint density at radius 3 is 2.85 bits per heavy atom. The van der Waals surface area contributed by atoms with Crippen LogP contribution < -0.4 is 5.32 Å². The molecule has 0 amide bonds. The number of nitrogens with zero attached hydrogens (tertiary/aromatic N) is 1. The quantitative estimate of drug-likeness (QED) is 0.753. The summed E-state index contributed by atoms with van der Waals surface area (Å²) in [6, 6.07) is 15.5. The monoisotopic (exact) mass is 280 g/mol. The molecule has 2 nitrogen and oxygen atoms in total. The van der Waals surface area contributed by atoms with E-state index >= 15 is 0 Å². The summed E-state index contributed by atoms with van der Waals surface area (Å²) in [5, 5.41) is 9.40. The normalized spacial score (nSPS) is 18.7. The summed E-state index contributed by atoms with van der Waals surface area (Å²) >= 11 is 1.75. The van der Waals surface area contributed by atoms with Crippen LogP contribution in [0.3, 0.4) is 0 Å². The van der Waals surface area contributed by atoms with Crippen LogP contribution in [-0.4, -0.2) is 11.5 Å². The zero-order chi connectivity index (χ0) is 13.4. The maximum atomic E-state index is 4.83. The second-order valence-electron chi connectivity index (χ2n) is 5.29. The molecule has 2 heterocycles. The van der Waals surface area contributed by atoms with Crippen molar-refractivity contribution in [2.75, 3.05) is 6.54 Å². The Balaban J connectivity index is 1.71. The van der Waals surface area contributed by atoms with Gasteiger partial charge in [0.2, 0.25) is 0 Å². The number of hydrogen-bond acceptors (Lipinski definition) is 3. The molecule has 0 saturated carbocycles. The first-order chi connectivity index (χ1) is 9.90. The highest BCUT2D eigenvalue weighted by molar-refractivity contribution is 7.13. The van der Waals surface area contributed by atoms with Crippen molar-refractivity contribution in [2.24, 2.45) is 0 Å². The molecule has 3 aromatic rings. The van der Waals surface area contributed by atoms with Crippen LogP contribution in [0.4, 0.5) is 0 Å². The second kappa shape index (κ2) is 5.00. The molecule has 1 N–H and O–H groups in total. The summed E-state index contributed by atoms with van der Waals surface area (Å²) in [5.41, 5.74) is 2.42. The van der Waals surface area contributed by atoms with Crippen LogP contribution in [0.2, 0.25) is 0 Å². The SMILES string of the molecule is c1ccc2cc(-c3nc([C@@H]4CCCN4)cs3)ccc2c1. The second-order valence-corrected chi connectivity index (χ2v) is 6.15. The Labute approximate surface area is 122 Å². The Morgan fingerprint density at radius 2 is 2.00 bits per heavy atom. The Hall–Kier alpha value is -1.71. The molecule has 0 spiro atoms. The molecule has 0 radical (unpaired) electrons. The highest BCUT2D eigenvalue weighted by Crippen LogP contribution is 2.31. The molecular weight excluding hydrogens is 264 g/mol. The number of nitrogens with one attached hydrogen (secondary N) is 1. The third-order valence-electron chi connectivity index (χ3n) is 3.94. The van der Waals surface area contributed by atoms with E-state index in [0.29, 0.717) is 6.04 Å². The van der Waals surface area contributed by atoms with Gasteiger partial charge in [0.25, 0.3) is 0 Å². The highest BCUT2D eigenvalue weighted by Gasteiger charge is 2.19. The van der Waals surface area contributed by atoms with E-state index in [4.69, 9.17) is 4.98 Å². The Bertz CT molecular complexity index is 741. The first kappa shape index (κ1) is 12.1. The largest absolute Gasteiger partial charge is 0.309 e. The molecule has 0 bridgehead atoms. The van der Waals surface area contributed by atoms with Crippen molar-refractivity contribution in [1.82, 2.24) is 10.3 Å². The number of aromatic nitrogens is 1. The molecule has 1 saturated heterocycles. The van der Waals surface area contributed by atoms with Crippen LogP contribution in [0.25, 0.3) is 21.3 Å². The summed E-state index contributed by atoms with van der Waals surface area (Å²) < 4.78 is 0. The van der Waals surface area contributed by atoms with Gasteiger partial charge in [-0.1, -0.05) is 36.4 Å². The van der Waals surface area contributed by atoms with Crippen molar-refractivity contribution in [3.63, 3.8) is 0 Å². The average molecular weight is 280 g/mol. The molecule has 1 aromatic heterocycles. The Kier molecular flexibility index (Phi) is 3.02. The Morgan fingerprint density at radius 1 is 1.10 bits per heavy atom. The minimum absolute atomic E-state index is 0.459. The lowest BCUT2D eigenvalue weighted by Gasteiger charge is -2.05. The van der Waals surface area contributed by atoms with Crippen molar-refractivity contribution in [1.29, 1.82) is 0 Å². The molecular formula is C17H16N2S. The summed E-state index contributed by atoms with van der Waals surface area (Å²) in [5.74, 6) is 0. The van der Waals surface area contributed by atoms with Gasteiger partial charge in [-0.2, -0.15) is 0 Å². The topological polar surface area (TPSA) is 24.9 Å². The first-order valence-electron chi connectivity index (χ1n) is 7.08. The average Bonchev–Trinajstić information content (AvgIpc) is 3.17. The molecule has 2 aromatic carbocycles. The lowest BCUT2D eigenvalue weighted by atomic mass is 10.1. The van der Waals surface area contributed by atoms with E-state index in [9.17, 15) is 0 Å². The molecule has 1 aliphatic heterocycles. The lowest BCUT2D eigenvalue weighted by Crippen LogP contribution is -2.12. The maximum Gasteiger partial charge on any atom is 0.123 e. The zero-order valence-electron chi connectivity index (χ0n) is 11.2. The standard InChI is InChI=1S/C17H16N2S/c1-2-5-13-10-14(8-7-12(13)4-1)17-19-16(11-20-17)15-6-3-9-18-15/h1-2,4-5,7-8,10-11,15,18H,3,6,9H2/t15-/m0/s1. The van der Waals surface area contributed by atoms with Gasteiger partial charge < -0.3 is 5.32 Å². The van der Waals surface area contributed by atoms with Gasteiger partial charge in [-0.05, 0) is 36.2 Å². The van der Waals surface area contributed by atoms with Crippen molar-refractivity contribution >= 4 is 22.1 Å². The van der Waals surface area contributed by atoms with E-state index in [1.807, 2.05) is 0 Å². The molecule has 20 heavy (non-hydrogen) atoms. The molecule has 4 rings (SSSR count). The minimum atomic E-state index is 0.459. The van der Waals surface area contributed by atoms with Crippen LogP contribution >= 0.6 is 11.3 Å². The van der Waals surface area contributed by atoms with Crippen molar-refractivity contribution in [3.8, 4) is 10.6 Å². The number of rotatable bonds is 2. The maximum absolute atomic E-state index is 4.83. The van der Waals surface area contributed by atoms with E-state index in [-0.39, 0.29) is 0 Å². The zero-order valence-corrected chi connectivity index (χ0v) is 12.0. The van der Waals surface area contributed by atoms with E-state index < -0.39 is 0 Å². The third kappa shape index (κ3) is 2.13. The summed E-state index contributed by atoms with van der Waals surface area (Å²) in [6.07, 6.45) is 2.47. The van der Waals surface area contributed by atoms with Crippen LogP contribution in [0.15, 0.2) is 47.8 Å². The van der Waals surface area contributed by atoms with Gasteiger partial charge in [0.15, 0.2) is 0 Å². The smallest absolute Gasteiger partial charge is 0.123 e. The molecule has 100 valence electrons. The van der Waals surface area contributed by atoms with Crippen LogP contribution in [0.1, 0.15) is 24.6 Å². The molecule has 3 heteroatoms. The van der Waals surface area contributed by atoms with Crippen molar-refractivity contribution in [2.45, 2.75) is 18.9 Å². The predicted molar refractivity (Wildman–Crippen MR) is 85.0 cm³/mol. The van der Waals surface area contributed by atoms with Crippen molar-refractivity contribution < 1.29 is 0 Å². The van der Waals surface area contributed by atoms with Crippen LogP contribution in [0.5, 0.6) is 0 Å². The van der Waals surface area contributed by atoms with E-state index in [2.05, 4.69) is 53.2 Å². The number of benzene rings is 2. The number of fused-ring (bicyclic) bond motifs is 1. The van der Waals surface area contributed by atoms with E-state index in [0.717, 1.165) is 11.6 Å². The lowest BCUT2D eigenvalue weighted by molar-refractivity contribution is 0.632. The van der Waals surface area contributed by atoms with Gasteiger partial charge in [0, 0.05) is 10.9 Å². The van der Waals surface area contributed by atoms with Gasteiger partial charge >= 0.3 is 0 Å². The van der Waals surface area contributed by atoms with Gasteiger partial charge in [0.1, 0.15) is 5.01 Å². The fraction of sp³-hybridized carbons (Fsp3) is 0.235. The van der Waals surface area contributed by atoms with Crippen molar-refractivity contribution in [3.05, 3.63) is 53.5 Å². The van der Waals surface area contributed by atoms with E-state index in [1.165, 1.54) is 34.9 Å². The molecule has 1 fully saturated rings. The fourth-order valence-electron chi connectivity index (χ4n) is 2.84. The van der Waals surface area contributed by atoms with Crippen LogP contribution in [-0.2, 0) is 0 Å². The summed E-state index contributed by atoms with van der Waals surface area (Å²) in [6.45, 7) is 1.12. The van der Waals surface area contributed by atoms with Gasteiger partial charge in [-0.3, -0.25) is 0 Å². The number of hydrogen-bond donors (Lipinski definition) is 1. The number of thiazole rings is 1. The molecule has 0 aliphatic carbocycles. The predicted octanol–water partition coefficient (Wildman–Crippen LogP) is 4.39.